The van der Waals surface area contributed by atoms with Gasteiger partial charge in [0.25, 0.3) is 15.9 Å². The van der Waals surface area contributed by atoms with Gasteiger partial charge >= 0.3 is 0 Å². The van der Waals surface area contributed by atoms with Crippen molar-refractivity contribution in [2.24, 2.45) is 5.10 Å². The smallest absolute Gasteiger partial charge is 0.264 e. The van der Waals surface area contributed by atoms with E-state index >= 15 is 0 Å². The Balaban J connectivity index is 1.57. The molecule has 0 unspecified atom stereocenters. The summed E-state index contributed by atoms with van der Waals surface area (Å²) in [5.41, 5.74) is 7.14. The van der Waals surface area contributed by atoms with Crippen molar-refractivity contribution in [2.45, 2.75) is 25.7 Å². The monoisotopic (exact) mass is 676 g/mol. The fourth-order valence-electron chi connectivity index (χ4n) is 4.24. The highest BCUT2D eigenvalue weighted by Crippen LogP contribution is 2.31. The van der Waals surface area contributed by atoms with Gasteiger partial charge < -0.3 is 9.30 Å². The highest BCUT2D eigenvalue weighted by molar-refractivity contribution is 9.10. The van der Waals surface area contributed by atoms with E-state index in [1.165, 1.54) is 25.5 Å². The van der Waals surface area contributed by atoms with Crippen molar-refractivity contribution in [3.63, 3.8) is 0 Å². The zero-order valence-electron chi connectivity index (χ0n) is 22.7. The molecule has 1 N–H and O–H groups in total. The summed E-state index contributed by atoms with van der Waals surface area (Å²) in [7, 11) is -2.63. The van der Waals surface area contributed by atoms with Gasteiger partial charge in [0.05, 0.1) is 38.4 Å². The van der Waals surface area contributed by atoms with Gasteiger partial charge in [-0.15, -0.1) is 0 Å². The number of ether oxygens (including phenoxy) is 1. The van der Waals surface area contributed by atoms with Crippen LogP contribution in [0.5, 0.6) is 5.75 Å². The van der Waals surface area contributed by atoms with Gasteiger partial charge in [0.1, 0.15) is 12.3 Å². The molecule has 0 fully saturated rings. The molecule has 0 radical (unpaired) electrons. The van der Waals surface area contributed by atoms with Crippen LogP contribution in [0.1, 0.15) is 22.5 Å². The number of nitrogens with zero attached hydrogens (tertiary/aromatic N) is 3. The topological polar surface area (TPSA) is 93.0 Å². The SMILES string of the molecule is COc1ccc(S(=O)(=O)N(CC(=O)N/N=C/c2cc(C)n(-c3ccc(Cl)c(Cl)c3)c2C)c2ccc(C)cc2)cc1Br. The van der Waals surface area contributed by atoms with Crippen molar-refractivity contribution in [1.82, 2.24) is 9.99 Å². The molecule has 4 rings (SSSR count). The summed E-state index contributed by atoms with van der Waals surface area (Å²) in [4.78, 5) is 13.0. The Kier molecular flexibility index (Phi) is 9.48. The molecule has 12 heteroatoms. The number of amides is 1. The highest BCUT2D eigenvalue weighted by Gasteiger charge is 2.28. The van der Waals surface area contributed by atoms with Crippen LogP contribution in [-0.4, -0.2) is 38.8 Å². The number of aromatic nitrogens is 1. The molecule has 0 aliphatic carbocycles. The van der Waals surface area contributed by atoms with Crippen molar-refractivity contribution in [3.05, 3.63) is 104 Å². The van der Waals surface area contributed by atoms with Gasteiger partial charge in [-0.25, -0.2) is 13.8 Å². The zero-order chi connectivity index (χ0) is 29.9. The Bertz CT molecular complexity index is 1740. The van der Waals surface area contributed by atoms with Crippen LogP contribution in [0.4, 0.5) is 5.69 Å². The van der Waals surface area contributed by atoms with Crippen LogP contribution in [0.3, 0.4) is 0 Å². The third-order valence-corrected chi connectivity index (χ3v) is 9.47. The molecule has 8 nitrogen and oxygen atoms in total. The summed E-state index contributed by atoms with van der Waals surface area (Å²) in [6, 6.07) is 18.6. The number of anilines is 1. The summed E-state index contributed by atoms with van der Waals surface area (Å²) in [6.07, 6.45) is 1.51. The van der Waals surface area contributed by atoms with Gasteiger partial charge in [0, 0.05) is 22.6 Å². The quantitative estimate of drug-likeness (QED) is 0.155. The molecule has 0 aliphatic heterocycles. The molecule has 41 heavy (non-hydrogen) atoms. The summed E-state index contributed by atoms with van der Waals surface area (Å²) >= 11 is 15.6. The lowest BCUT2D eigenvalue weighted by atomic mass is 10.2. The Hall–Kier alpha value is -3.31. The Morgan fingerprint density at radius 2 is 1.73 bits per heavy atom. The summed E-state index contributed by atoms with van der Waals surface area (Å²) in [5, 5.41) is 5.00. The molecule has 4 aromatic rings. The maximum absolute atomic E-state index is 13.7. The first kappa shape index (κ1) is 30.6. The molecule has 1 heterocycles. The fourth-order valence-corrected chi connectivity index (χ4v) is 6.67. The highest BCUT2D eigenvalue weighted by atomic mass is 79.9. The molecule has 0 saturated heterocycles. The molecule has 0 saturated carbocycles. The molecule has 1 amide bonds. The number of hydrazone groups is 1. The molecule has 0 bridgehead atoms. The summed E-state index contributed by atoms with van der Waals surface area (Å²) in [5.74, 6) is -0.132. The van der Waals surface area contributed by atoms with Crippen molar-refractivity contribution < 1.29 is 17.9 Å². The van der Waals surface area contributed by atoms with E-state index in [0.29, 0.717) is 26.0 Å². The molecule has 214 valence electrons. The standard InChI is InChI=1S/C29H27BrCl2N4O4S/c1-18-5-7-22(8-6-18)35(41(38,39)24-10-12-28(40-4)25(30)15-24)17-29(37)34-33-16-21-13-19(2)36(20(21)3)23-9-11-26(31)27(32)14-23/h5-16H,17H2,1-4H3,(H,34,37)/b33-16+. The number of halogens is 3. The number of carbonyl (C=O) groups is 1. The van der Waals surface area contributed by atoms with E-state index in [-0.39, 0.29) is 4.90 Å². The van der Waals surface area contributed by atoms with Gasteiger partial charge in [-0.2, -0.15) is 5.10 Å². The maximum atomic E-state index is 13.7. The molecule has 3 aromatic carbocycles. The van der Waals surface area contributed by atoms with Gasteiger partial charge in [-0.05, 0) is 91.3 Å². The molecule has 1 aromatic heterocycles. The zero-order valence-corrected chi connectivity index (χ0v) is 26.6. The van der Waals surface area contributed by atoms with E-state index in [0.717, 1.165) is 32.5 Å². The molecular formula is C29H27BrCl2N4O4S. The van der Waals surface area contributed by atoms with E-state index in [9.17, 15) is 13.2 Å². The fraction of sp³-hybridized carbons (Fsp3) is 0.172. The first-order valence-corrected chi connectivity index (χ1v) is 15.3. The van der Waals surface area contributed by atoms with Crippen LogP contribution in [-0.2, 0) is 14.8 Å². The lowest BCUT2D eigenvalue weighted by Crippen LogP contribution is -2.39. The number of hydrogen-bond acceptors (Lipinski definition) is 5. The lowest BCUT2D eigenvalue weighted by Gasteiger charge is -2.24. The maximum Gasteiger partial charge on any atom is 0.264 e. The predicted octanol–water partition coefficient (Wildman–Crippen LogP) is 6.83. The number of aryl methyl sites for hydroxylation is 2. The Labute approximate surface area is 257 Å². The Morgan fingerprint density at radius 1 is 1.02 bits per heavy atom. The van der Waals surface area contributed by atoms with E-state index < -0.39 is 22.5 Å². The largest absolute Gasteiger partial charge is 0.496 e. The first-order valence-electron chi connectivity index (χ1n) is 12.3. The minimum Gasteiger partial charge on any atom is -0.496 e. The normalized spacial score (nSPS) is 11.6. The average molecular weight is 678 g/mol. The van der Waals surface area contributed by atoms with Crippen molar-refractivity contribution in [2.75, 3.05) is 18.0 Å². The number of sulfonamides is 1. The van der Waals surface area contributed by atoms with Gasteiger partial charge in [0.15, 0.2) is 0 Å². The molecule has 0 atom stereocenters. The Morgan fingerprint density at radius 3 is 2.37 bits per heavy atom. The van der Waals surface area contributed by atoms with E-state index in [1.807, 2.05) is 37.5 Å². The van der Waals surface area contributed by atoms with Crippen molar-refractivity contribution >= 4 is 67.0 Å². The third kappa shape index (κ3) is 6.78. The minimum atomic E-state index is -4.12. The number of benzene rings is 3. The second-order valence-electron chi connectivity index (χ2n) is 9.20. The van der Waals surface area contributed by atoms with Gasteiger partial charge in [-0.3, -0.25) is 9.10 Å². The molecule has 0 aliphatic rings. The van der Waals surface area contributed by atoms with E-state index in [2.05, 4.69) is 26.5 Å². The molecular weight excluding hydrogens is 651 g/mol. The predicted molar refractivity (Wildman–Crippen MR) is 167 cm³/mol. The average Bonchev–Trinajstić information content (AvgIpc) is 3.21. The van der Waals surface area contributed by atoms with E-state index in [4.69, 9.17) is 27.9 Å². The first-order chi connectivity index (χ1) is 19.4. The lowest BCUT2D eigenvalue weighted by molar-refractivity contribution is -0.119. The van der Waals surface area contributed by atoms with Crippen LogP contribution in [0.15, 0.2) is 81.2 Å². The van der Waals surface area contributed by atoms with Gasteiger partial charge in [0.2, 0.25) is 0 Å². The van der Waals surface area contributed by atoms with Crippen molar-refractivity contribution in [1.29, 1.82) is 0 Å². The van der Waals surface area contributed by atoms with Gasteiger partial charge in [-0.1, -0.05) is 40.9 Å². The second-order valence-corrected chi connectivity index (χ2v) is 12.7. The number of rotatable bonds is 9. The molecule has 0 spiro atoms. The summed E-state index contributed by atoms with van der Waals surface area (Å²) < 4.78 is 36.1. The van der Waals surface area contributed by atoms with Crippen LogP contribution in [0.25, 0.3) is 5.69 Å². The van der Waals surface area contributed by atoms with E-state index in [1.54, 1.807) is 42.5 Å². The van der Waals surface area contributed by atoms with Crippen molar-refractivity contribution in [3.8, 4) is 11.4 Å². The van der Waals surface area contributed by atoms with Crippen LogP contribution >= 0.6 is 39.1 Å². The van der Waals surface area contributed by atoms with Crippen LogP contribution in [0.2, 0.25) is 10.0 Å². The minimum absolute atomic E-state index is 0.00297. The van der Waals surface area contributed by atoms with Crippen LogP contribution in [0, 0.1) is 20.8 Å². The third-order valence-electron chi connectivity index (χ3n) is 6.34. The number of hydrogen-bond donors (Lipinski definition) is 1. The number of nitrogens with one attached hydrogen (secondary N) is 1. The number of carbonyl (C=O) groups excluding carboxylic acids is 1. The number of methoxy groups -OCH3 is 1. The van der Waals surface area contributed by atoms with Crippen LogP contribution < -0.4 is 14.5 Å². The second kappa shape index (κ2) is 12.7. The summed E-state index contributed by atoms with van der Waals surface area (Å²) in [6.45, 7) is 5.25.